The van der Waals surface area contributed by atoms with Gasteiger partial charge in [0.05, 0.1) is 25.3 Å². The topological polar surface area (TPSA) is 107 Å². The number of nitrogens with zero attached hydrogens (tertiary/aromatic N) is 5. The summed E-state index contributed by atoms with van der Waals surface area (Å²) >= 11 is 0. The normalized spacial score (nSPS) is 18.0. The molecule has 25 heavy (non-hydrogen) atoms. The molecule has 8 heteroatoms. The quantitative estimate of drug-likeness (QED) is 0.715. The van der Waals surface area contributed by atoms with Crippen molar-refractivity contribution in [3.05, 3.63) is 35.5 Å². The summed E-state index contributed by atoms with van der Waals surface area (Å²) in [6, 6.07) is 1.61. The fraction of sp³-hybridized carbons (Fsp3) is 0.529. The Labute approximate surface area is 147 Å². The molecule has 2 aromatic rings. The summed E-state index contributed by atoms with van der Waals surface area (Å²) in [4.78, 5) is 19.8. The first-order valence-electron chi connectivity index (χ1n) is 8.50. The van der Waals surface area contributed by atoms with Crippen LogP contribution < -0.4 is 5.32 Å². The van der Waals surface area contributed by atoms with Crippen LogP contribution in [0.15, 0.2) is 18.5 Å². The lowest BCUT2D eigenvalue weighted by Gasteiger charge is -2.30. The average molecular weight is 344 g/mol. The molecule has 2 aromatic heterocycles. The van der Waals surface area contributed by atoms with E-state index in [-0.39, 0.29) is 25.3 Å². The average Bonchev–Trinajstić information content (AvgIpc) is 3.05. The van der Waals surface area contributed by atoms with Gasteiger partial charge in [0.15, 0.2) is 5.82 Å². The van der Waals surface area contributed by atoms with E-state index in [4.69, 9.17) is 0 Å². The molecule has 0 amide bonds. The van der Waals surface area contributed by atoms with E-state index in [9.17, 15) is 10.2 Å². The third-order valence-corrected chi connectivity index (χ3v) is 4.44. The van der Waals surface area contributed by atoms with Gasteiger partial charge in [-0.25, -0.2) is 15.0 Å². The largest absolute Gasteiger partial charge is 0.395 e. The molecule has 3 N–H and O–H groups in total. The molecule has 0 saturated carbocycles. The number of aliphatic hydroxyl groups excluding tert-OH is 2. The van der Waals surface area contributed by atoms with E-state index in [1.165, 1.54) is 0 Å². The fourth-order valence-corrected chi connectivity index (χ4v) is 3.36. The first-order chi connectivity index (χ1) is 12.1. The van der Waals surface area contributed by atoms with Gasteiger partial charge in [0.25, 0.3) is 0 Å². The second-order valence-corrected chi connectivity index (χ2v) is 6.30. The molecule has 3 rings (SSSR count). The van der Waals surface area contributed by atoms with Crippen LogP contribution in [0.2, 0.25) is 0 Å². The standard InChI is InChI=1S/C17H24N6O2/c1-11-8-12(2)21-17(20-11)22-16-15(18-5-6-19-16)14-4-3-7-23(14)13(9-24)10-25/h5-6,8,13-14,24-25H,3-4,7,9-10H2,1-2H3,(H,19,20,21,22)/t14-/m1/s1. The molecular weight excluding hydrogens is 320 g/mol. The van der Waals surface area contributed by atoms with Gasteiger partial charge >= 0.3 is 0 Å². The molecule has 0 aliphatic carbocycles. The molecule has 0 radical (unpaired) electrons. The number of aryl methyl sites for hydroxylation is 2. The maximum absolute atomic E-state index is 9.54. The Morgan fingerprint density at radius 1 is 1.16 bits per heavy atom. The van der Waals surface area contributed by atoms with E-state index in [0.717, 1.165) is 36.5 Å². The zero-order valence-corrected chi connectivity index (χ0v) is 14.6. The zero-order valence-electron chi connectivity index (χ0n) is 14.6. The van der Waals surface area contributed by atoms with E-state index in [2.05, 4.69) is 30.2 Å². The number of hydrogen-bond acceptors (Lipinski definition) is 8. The third kappa shape index (κ3) is 3.92. The molecule has 134 valence electrons. The number of aliphatic hydroxyl groups is 2. The molecule has 1 aliphatic rings. The Hall–Kier alpha value is -2.16. The van der Waals surface area contributed by atoms with Gasteiger partial charge in [0, 0.05) is 23.8 Å². The van der Waals surface area contributed by atoms with Crippen LogP contribution in [0.25, 0.3) is 0 Å². The predicted molar refractivity (Wildman–Crippen MR) is 93.5 cm³/mol. The van der Waals surface area contributed by atoms with Crippen LogP contribution in [0.4, 0.5) is 11.8 Å². The summed E-state index contributed by atoms with van der Waals surface area (Å²) in [5.41, 5.74) is 2.54. The highest BCUT2D eigenvalue weighted by Crippen LogP contribution is 2.35. The molecule has 0 unspecified atom stereocenters. The van der Waals surface area contributed by atoms with Crippen LogP contribution >= 0.6 is 0 Å². The summed E-state index contributed by atoms with van der Waals surface area (Å²) in [7, 11) is 0. The lowest BCUT2D eigenvalue weighted by atomic mass is 10.1. The van der Waals surface area contributed by atoms with Crippen LogP contribution in [0.5, 0.6) is 0 Å². The SMILES string of the molecule is Cc1cc(C)nc(Nc2nccnc2[C@H]2CCCN2C(CO)CO)n1. The number of anilines is 2. The molecule has 3 heterocycles. The van der Waals surface area contributed by atoms with Crippen LogP contribution in [-0.2, 0) is 0 Å². The van der Waals surface area contributed by atoms with Crippen molar-refractivity contribution >= 4 is 11.8 Å². The lowest BCUT2D eigenvalue weighted by molar-refractivity contribution is 0.0643. The number of hydrogen-bond donors (Lipinski definition) is 3. The summed E-state index contributed by atoms with van der Waals surface area (Å²) in [6.07, 6.45) is 5.17. The lowest BCUT2D eigenvalue weighted by Crippen LogP contribution is -2.40. The first kappa shape index (κ1) is 17.7. The van der Waals surface area contributed by atoms with Gasteiger partial charge in [-0.3, -0.25) is 9.88 Å². The smallest absolute Gasteiger partial charge is 0.228 e. The Morgan fingerprint density at radius 3 is 2.52 bits per heavy atom. The zero-order chi connectivity index (χ0) is 17.8. The van der Waals surface area contributed by atoms with E-state index in [0.29, 0.717) is 11.8 Å². The van der Waals surface area contributed by atoms with Gasteiger partial charge in [-0.2, -0.15) is 0 Å². The van der Waals surface area contributed by atoms with E-state index in [1.54, 1.807) is 12.4 Å². The third-order valence-electron chi connectivity index (χ3n) is 4.44. The van der Waals surface area contributed by atoms with Crippen molar-refractivity contribution in [3.63, 3.8) is 0 Å². The van der Waals surface area contributed by atoms with Crippen LogP contribution in [0.1, 0.15) is 36.0 Å². The van der Waals surface area contributed by atoms with Gasteiger partial charge in [0.2, 0.25) is 5.95 Å². The van der Waals surface area contributed by atoms with Crippen molar-refractivity contribution in [2.75, 3.05) is 25.1 Å². The van der Waals surface area contributed by atoms with Gasteiger partial charge < -0.3 is 15.5 Å². The molecule has 1 aliphatic heterocycles. The number of nitrogens with one attached hydrogen (secondary N) is 1. The van der Waals surface area contributed by atoms with Crippen molar-refractivity contribution in [2.24, 2.45) is 0 Å². The van der Waals surface area contributed by atoms with E-state index in [1.807, 2.05) is 19.9 Å². The summed E-state index contributed by atoms with van der Waals surface area (Å²) in [5.74, 6) is 1.10. The maximum Gasteiger partial charge on any atom is 0.228 e. The van der Waals surface area contributed by atoms with Crippen LogP contribution in [0, 0.1) is 13.8 Å². The second-order valence-electron chi connectivity index (χ2n) is 6.30. The minimum atomic E-state index is -0.292. The van der Waals surface area contributed by atoms with Crippen LogP contribution in [0.3, 0.4) is 0 Å². The van der Waals surface area contributed by atoms with Crippen LogP contribution in [-0.4, -0.2) is 60.8 Å². The Bertz CT molecular complexity index is 702. The summed E-state index contributed by atoms with van der Waals surface area (Å²) in [6.45, 7) is 4.48. The highest BCUT2D eigenvalue weighted by molar-refractivity contribution is 5.52. The van der Waals surface area contributed by atoms with E-state index < -0.39 is 0 Å². The molecule has 1 fully saturated rings. The van der Waals surface area contributed by atoms with Gasteiger partial charge in [0.1, 0.15) is 5.69 Å². The highest BCUT2D eigenvalue weighted by Gasteiger charge is 2.34. The van der Waals surface area contributed by atoms with Crippen molar-refractivity contribution in [2.45, 2.75) is 38.8 Å². The molecule has 1 atom stereocenters. The summed E-state index contributed by atoms with van der Waals surface area (Å²) in [5, 5.41) is 22.3. The Balaban J connectivity index is 1.90. The highest BCUT2D eigenvalue weighted by atomic mass is 16.3. The molecular formula is C17H24N6O2. The van der Waals surface area contributed by atoms with Gasteiger partial charge in [-0.1, -0.05) is 0 Å². The number of rotatable bonds is 6. The Kier molecular flexibility index (Phi) is 5.52. The van der Waals surface area contributed by atoms with Crippen molar-refractivity contribution in [1.82, 2.24) is 24.8 Å². The number of likely N-dealkylation sites (tertiary alicyclic amines) is 1. The maximum atomic E-state index is 9.54. The monoisotopic (exact) mass is 344 g/mol. The molecule has 0 aromatic carbocycles. The minimum Gasteiger partial charge on any atom is -0.395 e. The van der Waals surface area contributed by atoms with Crippen molar-refractivity contribution in [3.8, 4) is 0 Å². The number of aromatic nitrogens is 4. The molecule has 8 nitrogen and oxygen atoms in total. The van der Waals surface area contributed by atoms with Crippen molar-refractivity contribution < 1.29 is 10.2 Å². The van der Waals surface area contributed by atoms with Gasteiger partial charge in [-0.05, 0) is 39.3 Å². The van der Waals surface area contributed by atoms with Gasteiger partial charge in [-0.15, -0.1) is 0 Å². The second kappa shape index (κ2) is 7.81. The first-order valence-corrected chi connectivity index (χ1v) is 8.50. The fourth-order valence-electron chi connectivity index (χ4n) is 3.36. The Morgan fingerprint density at radius 2 is 1.84 bits per heavy atom. The predicted octanol–water partition coefficient (Wildman–Crippen LogP) is 1.12. The van der Waals surface area contributed by atoms with Crippen molar-refractivity contribution in [1.29, 1.82) is 0 Å². The molecule has 1 saturated heterocycles. The molecule has 0 bridgehead atoms. The molecule has 0 spiro atoms. The van der Waals surface area contributed by atoms with E-state index >= 15 is 0 Å². The summed E-state index contributed by atoms with van der Waals surface area (Å²) < 4.78 is 0. The minimum absolute atomic E-state index is 0.00796.